The Morgan fingerprint density at radius 1 is 1.44 bits per heavy atom. The highest BCUT2D eigenvalue weighted by Gasteiger charge is 2.46. The quantitative estimate of drug-likeness (QED) is 0.892. The van der Waals surface area contributed by atoms with E-state index in [1.165, 1.54) is 0 Å². The average molecular weight is 358 g/mol. The lowest BCUT2D eigenvalue weighted by Crippen LogP contribution is -2.39. The van der Waals surface area contributed by atoms with E-state index >= 15 is 0 Å². The molecule has 3 heterocycles. The number of halogens is 3. The lowest BCUT2D eigenvalue weighted by Gasteiger charge is -2.32. The van der Waals surface area contributed by atoms with E-state index in [1.54, 1.807) is 11.0 Å². The summed E-state index contributed by atoms with van der Waals surface area (Å²) in [5.41, 5.74) is 0.556. The molecular formula is C17H25F3N4O. The van der Waals surface area contributed by atoms with E-state index in [0.717, 1.165) is 17.5 Å². The van der Waals surface area contributed by atoms with E-state index in [9.17, 15) is 18.0 Å². The standard InChI is InChI=1S/C17H25F3N4O/c1-4-11-8-14(17(18,19)20)24-15(21-11)9-12(22-24)13-6-5-7-23(13)16(25)10(2)3/h9-11,13-14,21H,4-8H2,1-3H3/t11-,13+,14-/m1/s1. The van der Waals surface area contributed by atoms with Gasteiger partial charge in [-0.15, -0.1) is 0 Å². The van der Waals surface area contributed by atoms with E-state index in [0.29, 0.717) is 24.5 Å². The summed E-state index contributed by atoms with van der Waals surface area (Å²) in [7, 11) is 0. The van der Waals surface area contributed by atoms with Crippen molar-refractivity contribution in [2.75, 3.05) is 11.9 Å². The highest BCUT2D eigenvalue weighted by molar-refractivity contribution is 5.78. The van der Waals surface area contributed by atoms with E-state index in [1.807, 2.05) is 20.8 Å². The fraction of sp³-hybridized carbons (Fsp3) is 0.765. The predicted molar refractivity (Wildman–Crippen MR) is 88.2 cm³/mol. The van der Waals surface area contributed by atoms with Crippen LogP contribution in [0.3, 0.4) is 0 Å². The van der Waals surface area contributed by atoms with Gasteiger partial charge in [0.25, 0.3) is 0 Å². The van der Waals surface area contributed by atoms with Crippen LogP contribution in [-0.4, -0.2) is 39.4 Å². The molecule has 0 bridgehead atoms. The Morgan fingerprint density at radius 3 is 2.76 bits per heavy atom. The predicted octanol–water partition coefficient (Wildman–Crippen LogP) is 3.90. The van der Waals surface area contributed by atoms with Crippen LogP contribution < -0.4 is 5.32 Å². The number of hydrogen-bond acceptors (Lipinski definition) is 3. The monoisotopic (exact) mass is 358 g/mol. The van der Waals surface area contributed by atoms with Crippen molar-refractivity contribution in [1.82, 2.24) is 14.7 Å². The van der Waals surface area contributed by atoms with Crippen LogP contribution in [0.4, 0.5) is 19.0 Å². The summed E-state index contributed by atoms with van der Waals surface area (Å²) < 4.78 is 41.5. The first-order valence-electron chi connectivity index (χ1n) is 8.95. The summed E-state index contributed by atoms with van der Waals surface area (Å²) in [6.45, 7) is 6.18. The van der Waals surface area contributed by atoms with Crippen molar-refractivity contribution in [1.29, 1.82) is 0 Å². The number of alkyl halides is 3. The highest BCUT2D eigenvalue weighted by Crippen LogP contribution is 2.42. The first-order valence-corrected chi connectivity index (χ1v) is 8.95. The number of hydrogen-bond donors (Lipinski definition) is 1. The van der Waals surface area contributed by atoms with Crippen molar-refractivity contribution in [2.24, 2.45) is 5.92 Å². The molecule has 0 radical (unpaired) electrons. The number of amides is 1. The smallest absolute Gasteiger partial charge is 0.367 e. The maximum absolute atomic E-state index is 13.5. The molecule has 2 aliphatic rings. The average Bonchev–Trinajstić information content (AvgIpc) is 3.17. The van der Waals surface area contributed by atoms with Gasteiger partial charge >= 0.3 is 6.18 Å². The summed E-state index contributed by atoms with van der Waals surface area (Å²) in [5, 5.41) is 7.44. The molecule has 0 unspecified atom stereocenters. The van der Waals surface area contributed by atoms with Gasteiger partial charge in [-0.3, -0.25) is 4.79 Å². The summed E-state index contributed by atoms with van der Waals surface area (Å²) in [5.74, 6) is 0.294. The summed E-state index contributed by atoms with van der Waals surface area (Å²) in [4.78, 5) is 14.2. The van der Waals surface area contributed by atoms with Crippen molar-refractivity contribution in [3.05, 3.63) is 11.8 Å². The Balaban J connectivity index is 1.93. The van der Waals surface area contributed by atoms with Crippen LogP contribution >= 0.6 is 0 Å². The first-order chi connectivity index (χ1) is 11.7. The number of nitrogens with zero attached hydrogens (tertiary/aromatic N) is 3. The zero-order valence-corrected chi connectivity index (χ0v) is 14.8. The molecule has 25 heavy (non-hydrogen) atoms. The number of fused-ring (bicyclic) bond motifs is 1. The largest absolute Gasteiger partial charge is 0.410 e. The van der Waals surface area contributed by atoms with Gasteiger partial charge in [-0.25, -0.2) is 4.68 Å². The Labute approximate surface area is 145 Å². The van der Waals surface area contributed by atoms with E-state index in [4.69, 9.17) is 0 Å². The molecule has 140 valence electrons. The molecule has 8 heteroatoms. The number of rotatable bonds is 3. The number of carbonyl (C=O) groups is 1. The van der Waals surface area contributed by atoms with Gasteiger partial charge < -0.3 is 10.2 Å². The Kier molecular flexibility index (Phi) is 4.72. The maximum Gasteiger partial charge on any atom is 0.410 e. The summed E-state index contributed by atoms with van der Waals surface area (Å²) >= 11 is 0. The van der Waals surface area contributed by atoms with E-state index in [-0.39, 0.29) is 30.3 Å². The lowest BCUT2D eigenvalue weighted by molar-refractivity contribution is -0.173. The SMILES string of the molecule is CC[C@@H]1C[C@H](C(F)(F)F)n2nc([C@@H]3CCCN3C(=O)C(C)C)cc2N1. The third-order valence-corrected chi connectivity index (χ3v) is 5.15. The van der Waals surface area contributed by atoms with Gasteiger partial charge in [-0.1, -0.05) is 20.8 Å². The molecule has 1 saturated heterocycles. The zero-order chi connectivity index (χ0) is 18.4. The first kappa shape index (κ1) is 18.1. The van der Waals surface area contributed by atoms with Crippen molar-refractivity contribution in [2.45, 2.75) is 70.8 Å². The van der Waals surface area contributed by atoms with Crippen LogP contribution in [0.5, 0.6) is 0 Å². The Hall–Kier alpha value is -1.73. The molecule has 2 aliphatic heterocycles. The molecule has 1 N–H and O–H groups in total. The van der Waals surface area contributed by atoms with E-state index in [2.05, 4.69) is 10.4 Å². The second-order valence-corrected chi connectivity index (χ2v) is 7.29. The number of nitrogens with one attached hydrogen (secondary N) is 1. The van der Waals surface area contributed by atoms with Gasteiger partial charge in [-0.05, 0) is 25.7 Å². The molecule has 1 fully saturated rings. The number of aromatic nitrogens is 2. The Bertz CT molecular complexity index is 640. The van der Waals surface area contributed by atoms with Crippen LogP contribution in [0.1, 0.15) is 64.2 Å². The van der Waals surface area contributed by atoms with Crippen molar-refractivity contribution >= 4 is 11.7 Å². The highest BCUT2D eigenvalue weighted by atomic mass is 19.4. The normalized spacial score (nSPS) is 26.7. The lowest BCUT2D eigenvalue weighted by atomic mass is 10.0. The molecule has 0 aliphatic carbocycles. The minimum absolute atomic E-state index is 0.0204. The fourth-order valence-electron chi connectivity index (χ4n) is 3.77. The van der Waals surface area contributed by atoms with Crippen LogP contribution in [0.25, 0.3) is 0 Å². The summed E-state index contributed by atoms with van der Waals surface area (Å²) in [6.07, 6.45) is -2.15. The fourth-order valence-corrected chi connectivity index (χ4v) is 3.77. The second-order valence-electron chi connectivity index (χ2n) is 7.29. The van der Waals surface area contributed by atoms with Crippen LogP contribution in [0.15, 0.2) is 6.07 Å². The van der Waals surface area contributed by atoms with Crippen LogP contribution in [0, 0.1) is 5.92 Å². The number of likely N-dealkylation sites (tertiary alicyclic amines) is 1. The van der Waals surface area contributed by atoms with Gasteiger partial charge in [-0.2, -0.15) is 18.3 Å². The molecule has 3 atom stereocenters. The third-order valence-electron chi connectivity index (χ3n) is 5.15. The van der Waals surface area contributed by atoms with Crippen molar-refractivity contribution in [3.63, 3.8) is 0 Å². The summed E-state index contributed by atoms with van der Waals surface area (Å²) in [6, 6.07) is -0.375. The Morgan fingerprint density at radius 2 is 2.16 bits per heavy atom. The molecule has 1 aromatic heterocycles. The molecule has 3 rings (SSSR count). The zero-order valence-electron chi connectivity index (χ0n) is 14.8. The van der Waals surface area contributed by atoms with Gasteiger partial charge in [0, 0.05) is 24.6 Å². The molecule has 0 saturated carbocycles. The minimum atomic E-state index is -4.34. The van der Waals surface area contributed by atoms with Crippen LogP contribution in [0.2, 0.25) is 0 Å². The van der Waals surface area contributed by atoms with Gasteiger partial charge in [0.05, 0.1) is 11.7 Å². The molecule has 1 aromatic rings. The third kappa shape index (κ3) is 3.35. The van der Waals surface area contributed by atoms with Gasteiger partial charge in [0.2, 0.25) is 5.91 Å². The van der Waals surface area contributed by atoms with Gasteiger partial charge in [0.1, 0.15) is 5.82 Å². The molecular weight excluding hydrogens is 333 g/mol. The minimum Gasteiger partial charge on any atom is -0.367 e. The van der Waals surface area contributed by atoms with Gasteiger partial charge in [0.15, 0.2) is 6.04 Å². The van der Waals surface area contributed by atoms with Crippen molar-refractivity contribution < 1.29 is 18.0 Å². The van der Waals surface area contributed by atoms with Crippen molar-refractivity contribution in [3.8, 4) is 0 Å². The molecule has 0 aromatic carbocycles. The maximum atomic E-state index is 13.5. The number of carbonyl (C=O) groups excluding carboxylic acids is 1. The molecule has 0 spiro atoms. The van der Waals surface area contributed by atoms with Crippen LogP contribution in [-0.2, 0) is 4.79 Å². The topological polar surface area (TPSA) is 50.2 Å². The van der Waals surface area contributed by atoms with E-state index < -0.39 is 12.2 Å². The second kappa shape index (κ2) is 6.53. The molecule has 5 nitrogen and oxygen atoms in total. The number of anilines is 1. The molecule has 1 amide bonds.